The molecule has 0 unspecified atom stereocenters. The SMILES string of the molecule is Cc1ccc(CNC(=O)c2ccccc2CBr)cc1. The molecule has 0 spiro atoms. The van der Waals surface area contributed by atoms with Gasteiger partial charge in [-0.25, -0.2) is 0 Å². The Balaban J connectivity index is 2.03. The van der Waals surface area contributed by atoms with E-state index in [1.54, 1.807) is 0 Å². The number of hydrogen-bond acceptors (Lipinski definition) is 1. The molecule has 2 aromatic rings. The summed E-state index contributed by atoms with van der Waals surface area (Å²) in [6.07, 6.45) is 0. The summed E-state index contributed by atoms with van der Waals surface area (Å²) in [6, 6.07) is 15.8. The average molecular weight is 318 g/mol. The molecule has 0 aliphatic heterocycles. The van der Waals surface area contributed by atoms with Crippen LogP contribution in [-0.4, -0.2) is 5.91 Å². The van der Waals surface area contributed by atoms with Crippen molar-refractivity contribution in [2.75, 3.05) is 0 Å². The Hall–Kier alpha value is -1.61. The summed E-state index contributed by atoms with van der Waals surface area (Å²) in [5.74, 6) is -0.0318. The first-order valence-electron chi connectivity index (χ1n) is 6.18. The van der Waals surface area contributed by atoms with Gasteiger partial charge in [-0.15, -0.1) is 0 Å². The van der Waals surface area contributed by atoms with Crippen molar-refractivity contribution in [3.8, 4) is 0 Å². The van der Waals surface area contributed by atoms with Crippen LogP contribution < -0.4 is 5.32 Å². The van der Waals surface area contributed by atoms with E-state index in [1.165, 1.54) is 5.56 Å². The van der Waals surface area contributed by atoms with E-state index in [0.29, 0.717) is 11.9 Å². The van der Waals surface area contributed by atoms with Gasteiger partial charge in [-0.3, -0.25) is 4.79 Å². The maximum absolute atomic E-state index is 12.1. The maximum atomic E-state index is 12.1. The van der Waals surface area contributed by atoms with Gasteiger partial charge in [0.05, 0.1) is 0 Å². The quantitative estimate of drug-likeness (QED) is 0.853. The first-order valence-corrected chi connectivity index (χ1v) is 7.30. The third-order valence-corrected chi connectivity index (χ3v) is 3.58. The van der Waals surface area contributed by atoms with E-state index < -0.39 is 0 Å². The van der Waals surface area contributed by atoms with Gasteiger partial charge >= 0.3 is 0 Å². The summed E-state index contributed by atoms with van der Waals surface area (Å²) in [6.45, 7) is 2.60. The van der Waals surface area contributed by atoms with Gasteiger partial charge in [0.2, 0.25) is 0 Å². The molecule has 0 heterocycles. The van der Waals surface area contributed by atoms with Gasteiger partial charge in [0.25, 0.3) is 5.91 Å². The van der Waals surface area contributed by atoms with Crippen molar-refractivity contribution in [2.45, 2.75) is 18.8 Å². The molecule has 1 amide bonds. The van der Waals surface area contributed by atoms with Crippen LogP contribution in [0.4, 0.5) is 0 Å². The Morgan fingerprint density at radius 2 is 1.79 bits per heavy atom. The fourth-order valence-corrected chi connectivity index (χ4v) is 2.33. The number of carbonyl (C=O) groups is 1. The van der Waals surface area contributed by atoms with Gasteiger partial charge in [-0.05, 0) is 24.1 Å². The molecule has 98 valence electrons. The number of alkyl halides is 1. The van der Waals surface area contributed by atoms with Crippen LogP contribution >= 0.6 is 15.9 Å². The molecule has 0 aromatic heterocycles. The third-order valence-electron chi connectivity index (χ3n) is 2.98. The predicted molar refractivity (Wildman–Crippen MR) is 81.4 cm³/mol. The zero-order valence-electron chi connectivity index (χ0n) is 10.8. The van der Waals surface area contributed by atoms with Crippen LogP contribution in [0.1, 0.15) is 27.0 Å². The lowest BCUT2D eigenvalue weighted by atomic mass is 10.1. The zero-order chi connectivity index (χ0) is 13.7. The van der Waals surface area contributed by atoms with Crippen molar-refractivity contribution >= 4 is 21.8 Å². The molecular formula is C16H16BrNO. The van der Waals surface area contributed by atoms with Crippen molar-refractivity contribution in [3.05, 3.63) is 70.8 Å². The topological polar surface area (TPSA) is 29.1 Å². The van der Waals surface area contributed by atoms with E-state index in [-0.39, 0.29) is 5.91 Å². The summed E-state index contributed by atoms with van der Waals surface area (Å²) in [5.41, 5.74) is 4.06. The molecule has 19 heavy (non-hydrogen) atoms. The lowest BCUT2D eigenvalue weighted by Crippen LogP contribution is -2.23. The Morgan fingerprint density at radius 3 is 2.47 bits per heavy atom. The molecule has 3 heteroatoms. The Labute approximate surface area is 122 Å². The fourth-order valence-electron chi connectivity index (χ4n) is 1.84. The summed E-state index contributed by atoms with van der Waals surface area (Å²) in [7, 11) is 0. The second-order valence-corrected chi connectivity index (χ2v) is 5.02. The van der Waals surface area contributed by atoms with Crippen LogP contribution in [0.2, 0.25) is 0 Å². The molecule has 2 rings (SSSR count). The molecule has 0 aliphatic rings. The Morgan fingerprint density at radius 1 is 1.11 bits per heavy atom. The van der Waals surface area contributed by atoms with Gasteiger partial charge < -0.3 is 5.32 Å². The summed E-state index contributed by atoms with van der Waals surface area (Å²) < 4.78 is 0. The van der Waals surface area contributed by atoms with E-state index in [1.807, 2.05) is 48.5 Å². The zero-order valence-corrected chi connectivity index (χ0v) is 12.4. The first-order chi connectivity index (χ1) is 9.20. The number of nitrogens with one attached hydrogen (secondary N) is 1. The largest absolute Gasteiger partial charge is 0.348 e. The molecule has 0 fully saturated rings. The van der Waals surface area contributed by atoms with E-state index in [2.05, 4.69) is 28.2 Å². The van der Waals surface area contributed by atoms with Crippen LogP contribution in [-0.2, 0) is 11.9 Å². The number of benzene rings is 2. The van der Waals surface area contributed by atoms with Crippen molar-refractivity contribution in [1.29, 1.82) is 0 Å². The number of carbonyl (C=O) groups excluding carboxylic acids is 1. The molecule has 0 atom stereocenters. The highest BCUT2D eigenvalue weighted by Crippen LogP contribution is 2.12. The van der Waals surface area contributed by atoms with Gasteiger partial charge in [0.1, 0.15) is 0 Å². The number of hydrogen-bond donors (Lipinski definition) is 1. The van der Waals surface area contributed by atoms with E-state index in [9.17, 15) is 4.79 Å². The molecule has 0 radical (unpaired) electrons. The number of amides is 1. The molecular weight excluding hydrogens is 302 g/mol. The third kappa shape index (κ3) is 3.67. The number of aryl methyl sites for hydroxylation is 1. The molecule has 0 bridgehead atoms. The van der Waals surface area contributed by atoms with E-state index >= 15 is 0 Å². The molecule has 2 aromatic carbocycles. The minimum absolute atomic E-state index is 0.0318. The van der Waals surface area contributed by atoms with Crippen molar-refractivity contribution in [2.24, 2.45) is 0 Å². The first kappa shape index (κ1) is 13.8. The normalized spacial score (nSPS) is 10.2. The average Bonchev–Trinajstić information content (AvgIpc) is 2.46. The summed E-state index contributed by atoms with van der Waals surface area (Å²) >= 11 is 3.40. The van der Waals surface area contributed by atoms with Crippen LogP contribution in [0.3, 0.4) is 0 Å². The van der Waals surface area contributed by atoms with Crippen molar-refractivity contribution in [3.63, 3.8) is 0 Å². The van der Waals surface area contributed by atoms with Crippen LogP contribution in [0.15, 0.2) is 48.5 Å². The molecule has 0 aliphatic carbocycles. The highest BCUT2D eigenvalue weighted by atomic mass is 79.9. The minimum atomic E-state index is -0.0318. The van der Waals surface area contributed by atoms with Gasteiger partial charge in [-0.2, -0.15) is 0 Å². The van der Waals surface area contributed by atoms with Gasteiger partial charge in [0, 0.05) is 17.4 Å². The minimum Gasteiger partial charge on any atom is -0.348 e. The predicted octanol–water partition coefficient (Wildman–Crippen LogP) is 3.82. The molecule has 0 saturated heterocycles. The lowest BCUT2D eigenvalue weighted by Gasteiger charge is -2.08. The van der Waals surface area contributed by atoms with Crippen molar-refractivity contribution < 1.29 is 4.79 Å². The van der Waals surface area contributed by atoms with Gasteiger partial charge in [-0.1, -0.05) is 64.0 Å². The molecule has 1 N–H and O–H groups in total. The fraction of sp³-hybridized carbons (Fsp3) is 0.188. The number of rotatable bonds is 4. The molecule has 2 nitrogen and oxygen atoms in total. The lowest BCUT2D eigenvalue weighted by molar-refractivity contribution is 0.0950. The monoisotopic (exact) mass is 317 g/mol. The van der Waals surface area contributed by atoms with Crippen LogP contribution in [0, 0.1) is 6.92 Å². The number of halogens is 1. The van der Waals surface area contributed by atoms with Crippen LogP contribution in [0.25, 0.3) is 0 Å². The van der Waals surface area contributed by atoms with E-state index in [0.717, 1.165) is 16.7 Å². The summed E-state index contributed by atoms with van der Waals surface area (Å²) in [5, 5.41) is 3.63. The second-order valence-electron chi connectivity index (χ2n) is 4.46. The van der Waals surface area contributed by atoms with Crippen molar-refractivity contribution in [1.82, 2.24) is 5.32 Å². The Kier molecular flexibility index (Phi) is 4.74. The highest BCUT2D eigenvalue weighted by molar-refractivity contribution is 9.08. The smallest absolute Gasteiger partial charge is 0.251 e. The van der Waals surface area contributed by atoms with E-state index in [4.69, 9.17) is 0 Å². The molecule has 0 saturated carbocycles. The maximum Gasteiger partial charge on any atom is 0.251 e. The van der Waals surface area contributed by atoms with Crippen LogP contribution in [0.5, 0.6) is 0 Å². The highest BCUT2D eigenvalue weighted by Gasteiger charge is 2.09. The second kappa shape index (κ2) is 6.53. The van der Waals surface area contributed by atoms with Gasteiger partial charge in [0.15, 0.2) is 0 Å². The standard InChI is InChI=1S/C16H16BrNO/c1-12-6-8-13(9-7-12)11-18-16(19)15-5-3-2-4-14(15)10-17/h2-9H,10-11H2,1H3,(H,18,19). The summed E-state index contributed by atoms with van der Waals surface area (Å²) in [4.78, 5) is 12.1. The Bertz CT molecular complexity index is 563.